The number of hydrogen-bond acceptors (Lipinski definition) is 2. The Balaban J connectivity index is 2.49. The molecule has 1 aromatic rings. The van der Waals surface area contributed by atoms with E-state index < -0.39 is 35.0 Å². The van der Waals surface area contributed by atoms with Crippen LogP contribution in [0.25, 0.3) is 0 Å². The number of benzene rings is 1. The van der Waals surface area contributed by atoms with Crippen molar-refractivity contribution in [1.29, 1.82) is 0 Å². The number of nitrogens with one attached hydrogen (secondary N) is 1. The van der Waals surface area contributed by atoms with E-state index in [-0.39, 0.29) is 12.2 Å². The third-order valence-electron chi connectivity index (χ3n) is 2.95. The predicted molar refractivity (Wildman–Crippen MR) is 57.3 cm³/mol. The van der Waals surface area contributed by atoms with Crippen molar-refractivity contribution < 1.29 is 22.7 Å². The highest BCUT2D eigenvalue weighted by molar-refractivity contribution is 5.69. The molecule has 1 fully saturated rings. The predicted octanol–water partition coefficient (Wildman–Crippen LogP) is 2.91. The topological polar surface area (TPSA) is 38.3 Å². The minimum Gasteiger partial charge on any atom is -0.449 e. The molecule has 0 radical (unpaired) electrons. The van der Waals surface area contributed by atoms with Crippen molar-refractivity contribution in [3.63, 3.8) is 0 Å². The SMILES string of the molecule is CC1(C)COC(=O)N[C@H]1c1cc(F)cc(F)c1F. The maximum atomic E-state index is 13.7. The van der Waals surface area contributed by atoms with E-state index in [4.69, 9.17) is 4.74 Å². The van der Waals surface area contributed by atoms with E-state index in [1.807, 2.05) is 0 Å². The molecule has 3 nitrogen and oxygen atoms in total. The molecule has 1 N–H and O–H groups in total. The monoisotopic (exact) mass is 259 g/mol. The summed E-state index contributed by atoms with van der Waals surface area (Å²) in [6.07, 6.45) is -0.733. The van der Waals surface area contributed by atoms with Gasteiger partial charge in [0.25, 0.3) is 0 Å². The summed E-state index contributed by atoms with van der Waals surface area (Å²) in [4.78, 5) is 11.2. The number of alkyl carbamates (subject to hydrolysis) is 1. The first-order valence-electron chi connectivity index (χ1n) is 5.39. The van der Waals surface area contributed by atoms with Crippen LogP contribution in [0.15, 0.2) is 12.1 Å². The zero-order chi connectivity index (χ0) is 13.5. The molecule has 1 saturated heterocycles. The Labute approximate surface area is 102 Å². The quantitative estimate of drug-likeness (QED) is 0.787. The second-order valence-corrected chi connectivity index (χ2v) is 4.93. The van der Waals surface area contributed by atoms with Gasteiger partial charge in [-0.1, -0.05) is 13.8 Å². The van der Waals surface area contributed by atoms with Gasteiger partial charge in [-0.2, -0.15) is 0 Å². The molecule has 0 saturated carbocycles. The van der Waals surface area contributed by atoms with E-state index in [0.717, 1.165) is 6.07 Å². The molecular formula is C12H12F3NO2. The average Bonchev–Trinajstić information content (AvgIpc) is 2.27. The second kappa shape index (κ2) is 4.19. The van der Waals surface area contributed by atoms with Crippen LogP contribution in [0, 0.1) is 22.9 Å². The molecule has 0 unspecified atom stereocenters. The lowest BCUT2D eigenvalue weighted by atomic mass is 9.80. The van der Waals surface area contributed by atoms with Gasteiger partial charge in [0, 0.05) is 17.0 Å². The molecular weight excluding hydrogens is 247 g/mol. The summed E-state index contributed by atoms with van der Waals surface area (Å²) in [6, 6.07) is 0.507. The molecule has 0 bridgehead atoms. The van der Waals surface area contributed by atoms with E-state index in [1.165, 1.54) is 0 Å². The van der Waals surface area contributed by atoms with Gasteiger partial charge >= 0.3 is 6.09 Å². The van der Waals surface area contributed by atoms with Crippen molar-refractivity contribution in [2.24, 2.45) is 5.41 Å². The molecule has 0 spiro atoms. The Morgan fingerprint density at radius 1 is 1.33 bits per heavy atom. The number of carbonyl (C=O) groups is 1. The van der Waals surface area contributed by atoms with Gasteiger partial charge in [-0.25, -0.2) is 18.0 Å². The Morgan fingerprint density at radius 2 is 2.00 bits per heavy atom. The fraction of sp³-hybridized carbons (Fsp3) is 0.417. The normalized spacial score (nSPS) is 22.3. The molecule has 1 aliphatic rings. The van der Waals surface area contributed by atoms with Gasteiger partial charge in [0.1, 0.15) is 12.4 Å². The van der Waals surface area contributed by atoms with Crippen molar-refractivity contribution in [3.8, 4) is 0 Å². The van der Waals surface area contributed by atoms with Crippen LogP contribution in [0.1, 0.15) is 25.5 Å². The molecule has 2 rings (SSSR count). The van der Waals surface area contributed by atoms with Crippen LogP contribution in [0.2, 0.25) is 0 Å². The summed E-state index contributed by atoms with van der Waals surface area (Å²) in [6.45, 7) is 3.46. The summed E-state index contributed by atoms with van der Waals surface area (Å²) in [5, 5.41) is 2.38. The molecule has 1 amide bonds. The van der Waals surface area contributed by atoms with Crippen molar-refractivity contribution in [1.82, 2.24) is 5.32 Å². The van der Waals surface area contributed by atoms with Crippen LogP contribution in [-0.2, 0) is 4.74 Å². The van der Waals surface area contributed by atoms with Gasteiger partial charge in [-0.15, -0.1) is 0 Å². The number of rotatable bonds is 1. The fourth-order valence-electron chi connectivity index (χ4n) is 1.97. The molecule has 0 aliphatic carbocycles. The van der Waals surface area contributed by atoms with E-state index in [2.05, 4.69) is 5.32 Å². The summed E-state index contributed by atoms with van der Waals surface area (Å²) >= 11 is 0. The maximum absolute atomic E-state index is 13.7. The lowest BCUT2D eigenvalue weighted by Crippen LogP contribution is -2.47. The second-order valence-electron chi connectivity index (χ2n) is 4.93. The number of ether oxygens (including phenoxy) is 1. The lowest BCUT2D eigenvalue weighted by molar-refractivity contribution is 0.0375. The van der Waals surface area contributed by atoms with Crippen LogP contribution in [0.4, 0.5) is 18.0 Å². The van der Waals surface area contributed by atoms with Gasteiger partial charge in [0.05, 0.1) is 6.04 Å². The first kappa shape index (κ1) is 12.7. The van der Waals surface area contributed by atoms with Gasteiger partial charge in [0.2, 0.25) is 0 Å². The summed E-state index contributed by atoms with van der Waals surface area (Å²) in [7, 11) is 0. The number of halogens is 3. The molecule has 1 aliphatic heterocycles. The highest BCUT2D eigenvalue weighted by Crippen LogP contribution is 2.38. The number of hydrogen-bond donors (Lipinski definition) is 1. The third kappa shape index (κ3) is 2.14. The Hall–Kier alpha value is -1.72. The van der Waals surface area contributed by atoms with Crippen LogP contribution < -0.4 is 5.32 Å². The van der Waals surface area contributed by atoms with Gasteiger partial charge in [0.15, 0.2) is 11.6 Å². The molecule has 6 heteroatoms. The number of amides is 1. The third-order valence-corrected chi connectivity index (χ3v) is 2.95. The Kier molecular flexibility index (Phi) is 2.96. The number of carbonyl (C=O) groups excluding carboxylic acids is 1. The van der Waals surface area contributed by atoms with Gasteiger partial charge < -0.3 is 10.1 Å². The van der Waals surface area contributed by atoms with Crippen LogP contribution >= 0.6 is 0 Å². The van der Waals surface area contributed by atoms with Crippen molar-refractivity contribution in [2.45, 2.75) is 19.9 Å². The number of cyclic esters (lactones) is 1. The smallest absolute Gasteiger partial charge is 0.407 e. The van der Waals surface area contributed by atoms with Crippen LogP contribution in [0.5, 0.6) is 0 Å². The minimum atomic E-state index is -1.28. The summed E-state index contributed by atoms with van der Waals surface area (Å²) in [5.74, 6) is -3.32. The standard InChI is InChI=1S/C12H12F3NO2/c1-12(2)5-18-11(17)16-10(12)7-3-6(13)4-8(14)9(7)15/h3-4,10H,5H2,1-2H3,(H,16,17)/t10-/m0/s1. The van der Waals surface area contributed by atoms with Gasteiger partial charge in [-0.05, 0) is 6.07 Å². The van der Waals surface area contributed by atoms with E-state index in [1.54, 1.807) is 13.8 Å². The van der Waals surface area contributed by atoms with Crippen LogP contribution in [-0.4, -0.2) is 12.7 Å². The van der Waals surface area contributed by atoms with E-state index >= 15 is 0 Å². The summed E-state index contributed by atoms with van der Waals surface area (Å²) < 4.78 is 44.8. The largest absolute Gasteiger partial charge is 0.449 e. The maximum Gasteiger partial charge on any atom is 0.407 e. The van der Waals surface area contributed by atoms with E-state index in [9.17, 15) is 18.0 Å². The first-order valence-corrected chi connectivity index (χ1v) is 5.39. The fourth-order valence-corrected chi connectivity index (χ4v) is 1.97. The van der Waals surface area contributed by atoms with Crippen molar-refractivity contribution >= 4 is 6.09 Å². The molecule has 0 aromatic heterocycles. The highest BCUT2D eigenvalue weighted by atomic mass is 19.2. The Morgan fingerprint density at radius 3 is 2.67 bits per heavy atom. The lowest BCUT2D eigenvalue weighted by Gasteiger charge is -2.38. The van der Waals surface area contributed by atoms with Gasteiger partial charge in [-0.3, -0.25) is 0 Å². The first-order chi connectivity index (χ1) is 8.31. The molecule has 1 heterocycles. The average molecular weight is 259 g/mol. The Bertz CT molecular complexity index is 502. The minimum absolute atomic E-state index is 0.0427. The zero-order valence-corrected chi connectivity index (χ0v) is 9.89. The van der Waals surface area contributed by atoms with Crippen LogP contribution in [0.3, 0.4) is 0 Å². The highest BCUT2D eigenvalue weighted by Gasteiger charge is 2.40. The van der Waals surface area contributed by atoms with Crippen molar-refractivity contribution in [2.75, 3.05) is 6.61 Å². The molecule has 1 atom stereocenters. The molecule has 18 heavy (non-hydrogen) atoms. The summed E-state index contributed by atoms with van der Waals surface area (Å²) in [5.41, 5.74) is -0.885. The molecule has 1 aromatic carbocycles. The molecule has 98 valence electrons. The van der Waals surface area contributed by atoms with E-state index in [0.29, 0.717) is 6.07 Å². The zero-order valence-electron chi connectivity index (χ0n) is 9.89. The van der Waals surface area contributed by atoms with Crippen molar-refractivity contribution in [3.05, 3.63) is 35.1 Å².